The molecule has 0 radical (unpaired) electrons. The molecule has 6 heteroatoms. The van der Waals surface area contributed by atoms with Crippen molar-refractivity contribution in [2.45, 2.75) is 12.8 Å². The quantitative estimate of drug-likeness (QED) is 0.552. The van der Waals surface area contributed by atoms with Gasteiger partial charge in [0.15, 0.2) is 13.2 Å². The van der Waals surface area contributed by atoms with Crippen molar-refractivity contribution in [1.82, 2.24) is 5.32 Å². The topological polar surface area (TPSA) is 88.4 Å². The molecule has 2 rings (SSSR count). The second-order valence-electron chi connectivity index (χ2n) is 5.48. The van der Waals surface area contributed by atoms with Gasteiger partial charge in [0.2, 0.25) is 0 Å². The number of nitrogens with one attached hydrogen (secondary N) is 1. The van der Waals surface area contributed by atoms with Gasteiger partial charge in [-0.2, -0.15) is 5.26 Å². The predicted molar refractivity (Wildman–Crippen MR) is 95.4 cm³/mol. The van der Waals surface area contributed by atoms with Gasteiger partial charge in [-0.1, -0.05) is 48.5 Å². The number of para-hydroxylation sites is 1. The lowest BCUT2D eigenvalue weighted by molar-refractivity contribution is -0.150. The molecule has 0 fully saturated rings. The van der Waals surface area contributed by atoms with Crippen molar-refractivity contribution < 1.29 is 19.1 Å². The SMILES string of the molecule is N#CCCNC(=O)COC(=O)COc1ccccc1Cc1ccccc1. The molecule has 0 bridgehead atoms. The number of carbonyl (C=O) groups is 2. The summed E-state index contributed by atoms with van der Waals surface area (Å²) in [6.07, 6.45) is 0.897. The summed E-state index contributed by atoms with van der Waals surface area (Å²) in [5.41, 5.74) is 2.10. The molecule has 26 heavy (non-hydrogen) atoms. The zero-order chi connectivity index (χ0) is 18.6. The number of esters is 1. The summed E-state index contributed by atoms with van der Waals surface area (Å²) in [5.74, 6) is -0.472. The Morgan fingerprint density at radius 1 is 1.00 bits per heavy atom. The van der Waals surface area contributed by atoms with E-state index in [4.69, 9.17) is 14.7 Å². The number of ether oxygens (including phenoxy) is 2. The fraction of sp³-hybridized carbons (Fsp3) is 0.250. The van der Waals surface area contributed by atoms with Crippen LogP contribution in [0.15, 0.2) is 54.6 Å². The summed E-state index contributed by atoms with van der Waals surface area (Å²) >= 11 is 0. The minimum absolute atomic E-state index is 0.209. The lowest BCUT2D eigenvalue weighted by Crippen LogP contribution is -2.30. The monoisotopic (exact) mass is 352 g/mol. The van der Waals surface area contributed by atoms with E-state index in [2.05, 4.69) is 5.32 Å². The minimum Gasteiger partial charge on any atom is -0.482 e. The van der Waals surface area contributed by atoms with Crippen LogP contribution < -0.4 is 10.1 Å². The van der Waals surface area contributed by atoms with Crippen molar-refractivity contribution in [3.63, 3.8) is 0 Å². The highest BCUT2D eigenvalue weighted by molar-refractivity contribution is 5.80. The van der Waals surface area contributed by atoms with E-state index in [1.807, 2.05) is 54.6 Å². The third-order valence-electron chi connectivity index (χ3n) is 3.48. The molecule has 0 spiro atoms. The van der Waals surface area contributed by atoms with Gasteiger partial charge in [-0.25, -0.2) is 4.79 Å². The van der Waals surface area contributed by atoms with Gasteiger partial charge in [-0.3, -0.25) is 4.79 Å². The molecular formula is C20H20N2O4. The Bertz CT molecular complexity index is 769. The highest BCUT2D eigenvalue weighted by Crippen LogP contribution is 2.21. The Morgan fingerprint density at radius 2 is 1.73 bits per heavy atom. The molecule has 0 heterocycles. The van der Waals surface area contributed by atoms with E-state index in [1.54, 1.807) is 6.07 Å². The lowest BCUT2D eigenvalue weighted by atomic mass is 10.0. The zero-order valence-electron chi connectivity index (χ0n) is 14.3. The number of nitrogens with zero attached hydrogens (tertiary/aromatic N) is 1. The number of hydrogen-bond donors (Lipinski definition) is 1. The van der Waals surface area contributed by atoms with Gasteiger partial charge in [0.25, 0.3) is 5.91 Å². The van der Waals surface area contributed by atoms with Gasteiger partial charge in [0.05, 0.1) is 12.5 Å². The Morgan fingerprint density at radius 3 is 2.50 bits per heavy atom. The summed E-state index contributed by atoms with van der Waals surface area (Å²) in [7, 11) is 0. The standard InChI is InChI=1S/C20H20N2O4/c21-11-6-12-22-19(23)14-26-20(24)15-25-18-10-5-4-9-17(18)13-16-7-2-1-3-8-16/h1-5,7-10H,6,12-15H2,(H,22,23). The van der Waals surface area contributed by atoms with Crippen molar-refractivity contribution in [3.8, 4) is 11.8 Å². The van der Waals surface area contributed by atoms with Crippen LogP contribution in [0.3, 0.4) is 0 Å². The van der Waals surface area contributed by atoms with Gasteiger partial charge >= 0.3 is 5.97 Å². The zero-order valence-corrected chi connectivity index (χ0v) is 14.3. The molecule has 0 aliphatic heterocycles. The third kappa shape index (κ3) is 6.65. The lowest BCUT2D eigenvalue weighted by Gasteiger charge is -2.11. The van der Waals surface area contributed by atoms with Crippen LogP contribution in [0, 0.1) is 11.3 Å². The largest absolute Gasteiger partial charge is 0.482 e. The van der Waals surface area contributed by atoms with Gasteiger partial charge in [0.1, 0.15) is 5.75 Å². The number of hydrogen-bond acceptors (Lipinski definition) is 5. The minimum atomic E-state index is -0.630. The first kappa shape index (κ1) is 19.0. The number of nitriles is 1. The van der Waals surface area contributed by atoms with Crippen LogP contribution in [0.1, 0.15) is 17.5 Å². The van der Waals surface area contributed by atoms with Gasteiger partial charge in [-0.15, -0.1) is 0 Å². The molecule has 2 aromatic rings. The molecule has 1 amide bonds. The maximum absolute atomic E-state index is 11.7. The van der Waals surface area contributed by atoms with Crippen LogP contribution in [-0.2, 0) is 20.7 Å². The van der Waals surface area contributed by atoms with E-state index >= 15 is 0 Å². The van der Waals surface area contributed by atoms with Gasteiger partial charge in [-0.05, 0) is 17.2 Å². The van der Waals surface area contributed by atoms with Crippen LogP contribution in [0.2, 0.25) is 0 Å². The fourth-order valence-corrected chi connectivity index (χ4v) is 2.24. The van der Waals surface area contributed by atoms with Crippen molar-refractivity contribution in [1.29, 1.82) is 5.26 Å². The fourth-order valence-electron chi connectivity index (χ4n) is 2.24. The van der Waals surface area contributed by atoms with Gasteiger partial charge < -0.3 is 14.8 Å². The van der Waals surface area contributed by atoms with Crippen molar-refractivity contribution >= 4 is 11.9 Å². The van der Waals surface area contributed by atoms with Crippen LogP contribution >= 0.6 is 0 Å². The van der Waals surface area contributed by atoms with Gasteiger partial charge in [0, 0.05) is 13.0 Å². The molecule has 1 N–H and O–H groups in total. The van der Waals surface area contributed by atoms with Crippen LogP contribution in [-0.4, -0.2) is 31.6 Å². The first-order valence-electron chi connectivity index (χ1n) is 8.23. The molecule has 2 aromatic carbocycles. The summed E-state index contributed by atoms with van der Waals surface area (Å²) in [6.45, 7) is -0.438. The molecule has 134 valence electrons. The number of amides is 1. The second-order valence-corrected chi connectivity index (χ2v) is 5.48. The summed E-state index contributed by atoms with van der Waals surface area (Å²) in [5, 5.41) is 10.9. The van der Waals surface area contributed by atoms with E-state index < -0.39 is 11.9 Å². The van der Waals surface area contributed by atoms with Crippen molar-refractivity contribution in [3.05, 3.63) is 65.7 Å². The van der Waals surface area contributed by atoms with E-state index in [9.17, 15) is 9.59 Å². The molecule has 0 unspecified atom stereocenters. The molecule has 0 atom stereocenters. The average molecular weight is 352 g/mol. The normalized spacial score (nSPS) is 9.81. The third-order valence-corrected chi connectivity index (χ3v) is 3.48. The Labute approximate surface area is 152 Å². The Balaban J connectivity index is 1.81. The Hall–Kier alpha value is -3.33. The van der Waals surface area contributed by atoms with Crippen molar-refractivity contribution in [2.24, 2.45) is 0 Å². The second kappa shape index (κ2) is 10.5. The van der Waals surface area contributed by atoms with E-state index in [0.29, 0.717) is 12.2 Å². The first-order valence-corrected chi connectivity index (χ1v) is 8.23. The number of rotatable bonds is 9. The molecule has 0 aliphatic carbocycles. The smallest absolute Gasteiger partial charge is 0.344 e. The number of benzene rings is 2. The summed E-state index contributed by atoms with van der Waals surface area (Å²) in [6, 6.07) is 19.3. The van der Waals surface area contributed by atoms with E-state index in [1.165, 1.54) is 0 Å². The maximum atomic E-state index is 11.7. The summed E-state index contributed by atoms with van der Waals surface area (Å²) in [4.78, 5) is 23.2. The first-order chi connectivity index (χ1) is 12.7. The summed E-state index contributed by atoms with van der Waals surface area (Å²) < 4.78 is 10.4. The predicted octanol–water partition coefficient (Wildman–Crippen LogP) is 2.23. The maximum Gasteiger partial charge on any atom is 0.344 e. The molecule has 0 saturated heterocycles. The van der Waals surface area contributed by atoms with E-state index in [-0.39, 0.29) is 26.2 Å². The number of carbonyl (C=O) groups excluding carboxylic acids is 2. The van der Waals surface area contributed by atoms with Crippen LogP contribution in [0.4, 0.5) is 0 Å². The highest BCUT2D eigenvalue weighted by atomic mass is 16.6. The van der Waals surface area contributed by atoms with Crippen LogP contribution in [0.25, 0.3) is 0 Å². The van der Waals surface area contributed by atoms with E-state index in [0.717, 1.165) is 11.1 Å². The highest BCUT2D eigenvalue weighted by Gasteiger charge is 2.10. The average Bonchev–Trinajstić information content (AvgIpc) is 2.67. The Kier molecular flexibility index (Phi) is 7.69. The molecular weight excluding hydrogens is 332 g/mol. The molecule has 0 aromatic heterocycles. The van der Waals surface area contributed by atoms with Crippen molar-refractivity contribution in [2.75, 3.05) is 19.8 Å². The van der Waals surface area contributed by atoms with Crippen LogP contribution in [0.5, 0.6) is 5.75 Å². The molecule has 0 saturated carbocycles. The molecule has 0 aliphatic rings. The molecule has 6 nitrogen and oxygen atoms in total.